The number of hydrogen-bond acceptors (Lipinski definition) is 3. The van der Waals surface area contributed by atoms with Crippen molar-refractivity contribution in [2.75, 3.05) is 0 Å². The van der Waals surface area contributed by atoms with Crippen molar-refractivity contribution in [2.24, 2.45) is 0 Å². The summed E-state index contributed by atoms with van der Waals surface area (Å²) in [5.41, 5.74) is 0.826. The Morgan fingerprint density at radius 2 is 1.67 bits per heavy atom. The van der Waals surface area contributed by atoms with Crippen molar-refractivity contribution in [3.05, 3.63) is 93.6 Å². The molecule has 0 bridgehead atoms. The third kappa shape index (κ3) is 5.07. The highest BCUT2D eigenvalue weighted by atomic mass is 19.4. The minimum absolute atomic E-state index is 0.0214. The number of hydrogen-bond donors (Lipinski definition) is 1. The van der Waals surface area contributed by atoms with Crippen molar-refractivity contribution in [3.63, 3.8) is 0 Å². The molecule has 0 unspecified atom stereocenters. The van der Waals surface area contributed by atoms with Crippen molar-refractivity contribution in [1.29, 1.82) is 0 Å². The average Bonchev–Trinajstić information content (AvgIpc) is 3.30. The van der Waals surface area contributed by atoms with Crippen molar-refractivity contribution < 1.29 is 41.0 Å². The van der Waals surface area contributed by atoms with Crippen LogP contribution in [0.3, 0.4) is 0 Å². The number of carboxylic acids is 1. The van der Waals surface area contributed by atoms with Crippen LogP contribution in [0.25, 0.3) is 11.1 Å². The van der Waals surface area contributed by atoms with E-state index in [0.29, 0.717) is 41.7 Å². The van der Waals surface area contributed by atoms with Gasteiger partial charge in [-0.1, -0.05) is 6.07 Å². The molecule has 3 aromatic rings. The van der Waals surface area contributed by atoms with Gasteiger partial charge in [0, 0.05) is 5.56 Å². The molecule has 4 nitrogen and oxygen atoms in total. The molecule has 0 radical (unpaired) electrons. The van der Waals surface area contributed by atoms with Crippen molar-refractivity contribution >= 4 is 17.1 Å². The monoisotopic (exact) mass is 507 g/mol. The quantitative estimate of drug-likeness (QED) is 0.283. The summed E-state index contributed by atoms with van der Waals surface area (Å²) in [5, 5.41) is 9.42. The van der Waals surface area contributed by atoms with E-state index >= 15 is 0 Å². The number of ether oxygens (including phenoxy) is 1. The van der Waals surface area contributed by atoms with Crippen molar-refractivity contribution in [3.8, 4) is 5.75 Å². The Hall–Kier alpha value is -3.82. The van der Waals surface area contributed by atoms with Crippen LogP contribution in [0.1, 0.15) is 57.7 Å². The van der Waals surface area contributed by atoms with E-state index < -0.39 is 41.8 Å². The minimum atomic E-state index is -4.64. The molecular formula is C26H19F6NO3. The Morgan fingerprint density at radius 3 is 2.31 bits per heavy atom. The van der Waals surface area contributed by atoms with Crippen LogP contribution in [0.2, 0.25) is 0 Å². The lowest BCUT2D eigenvalue weighted by Gasteiger charge is -2.17. The van der Waals surface area contributed by atoms with Gasteiger partial charge in [0.15, 0.2) is 23.1 Å². The fourth-order valence-corrected chi connectivity index (χ4v) is 4.16. The molecule has 0 atom stereocenters. The first kappa shape index (κ1) is 25.3. The number of allylic oxidation sites excluding steroid dienone is 2. The van der Waals surface area contributed by atoms with Gasteiger partial charge in [-0.2, -0.15) is 13.2 Å². The van der Waals surface area contributed by atoms with Gasteiger partial charge in [-0.25, -0.2) is 22.9 Å². The molecule has 0 saturated carbocycles. The lowest BCUT2D eigenvalue weighted by atomic mass is 9.96. The van der Waals surface area contributed by atoms with E-state index in [2.05, 4.69) is 4.98 Å². The van der Waals surface area contributed by atoms with Crippen LogP contribution in [0, 0.1) is 24.4 Å². The summed E-state index contributed by atoms with van der Waals surface area (Å²) in [6, 6.07) is 7.54. The maximum absolute atomic E-state index is 13.6. The number of halogens is 6. The molecule has 2 aromatic carbocycles. The highest BCUT2D eigenvalue weighted by Crippen LogP contribution is 2.44. The number of aryl methyl sites for hydroxylation is 1. The van der Waals surface area contributed by atoms with Crippen LogP contribution in [0.15, 0.2) is 42.5 Å². The largest absolute Gasteiger partial charge is 0.488 e. The van der Waals surface area contributed by atoms with Gasteiger partial charge in [0.2, 0.25) is 0 Å². The second-order valence-corrected chi connectivity index (χ2v) is 8.35. The molecule has 1 N–H and O–H groups in total. The van der Waals surface area contributed by atoms with E-state index in [0.717, 1.165) is 30.3 Å². The summed E-state index contributed by atoms with van der Waals surface area (Å²) in [5.74, 6) is -5.67. The molecule has 188 valence electrons. The molecule has 0 amide bonds. The lowest BCUT2D eigenvalue weighted by Crippen LogP contribution is -2.08. The van der Waals surface area contributed by atoms with Crippen LogP contribution < -0.4 is 4.74 Å². The number of benzene rings is 2. The Kier molecular flexibility index (Phi) is 6.79. The lowest BCUT2D eigenvalue weighted by molar-refractivity contribution is -0.137. The van der Waals surface area contributed by atoms with Crippen LogP contribution >= 0.6 is 0 Å². The third-order valence-corrected chi connectivity index (χ3v) is 5.90. The molecular weight excluding hydrogens is 488 g/mol. The van der Waals surface area contributed by atoms with Gasteiger partial charge in [0.05, 0.1) is 11.3 Å². The van der Waals surface area contributed by atoms with E-state index in [-0.39, 0.29) is 22.6 Å². The second-order valence-electron chi connectivity index (χ2n) is 8.35. The van der Waals surface area contributed by atoms with E-state index in [4.69, 9.17) is 4.74 Å². The topological polar surface area (TPSA) is 59.4 Å². The van der Waals surface area contributed by atoms with E-state index in [1.165, 1.54) is 0 Å². The van der Waals surface area contributed by atoms with Gasteiger partial charge < -0.3 is 9.84 Å². The summed E-state index contributed by atoms with van der Waals surface area (Å²) in [7, 11) is 0. The van der Waals surface area contributed by atoms with Gasteiger partial charge in [-0.15, -0.1) is 0 Å². The maximum Gasteiger partial charge on any atom is 0.416 e. The first-order valence-electron chi connectivity index (χ1n) is 10.9. The van der Waals surface area contributed by atoms with Crippen LogP contribution in [0.4, 0.5) is 26.3 Å². The Morgan fingerprint density at radius 1 is 1.00 bits per heavy atom. The van der Waals surface area contributed by atoms with E-state index in [9.17, 15) is 36.2 Å². The van der Waals surface area contributed by atoms with Gasteiger partial charge in [-0.3, -0.25) is 0 Å². The zero-order valence-electron chi connectivity index (χ0n) is 18.8. The number of alkyl halides is 3. The summed E-state index contributed by atoms with van der Waals surface area (Å²) < 4.78 is 86.6. The highest BCUT2D eigenvalue weighted by molar-refractivity contribution is 5.95. The van der Waals surface area contributed by atoms with Gasteiger partial charge in [0.25, 0.3) is 0 Å². The highest BCUT2D eigenvalue weighted by Gasteiger charge is 2.32. The van der Waals surface area contributed by atoms with Gasteiger partial charge >= 0.3 is 12.1 Å². The maximum atomic E-state index is 13.6. The Labute approximate surface area is 201 Å². The fourth-order valence-electron chi connectivity index (χ4n) is 4.16. The molecule has 1 aromatic heterocycles. The molecule has 0 saturated heterocycles. The average molecular weight is 507 g/mol. The molecule has 4 rings (SSSR count). The molecule has 0 spiro atoms. The van der Waals surface area contributed by atoms with Crippen LogP contribution in [-0.4, -0.2) is 16.1 Å². The van der Waals surface area contributed by atoms with E-state index in [1.54, 1.807) is 19.1 Å². The first-order valence-corrected chi connectivity index (χ1v) is 10.9. The minimum Gasteiger partial charge on any atom is -0.488 e. The first-order chi connectivity index (χ1) is 17.0. The number of pyridine rings is 1. The zero-order chi connectivity index (χ0) is 26.2. The SMILES string of the molecule is Cc1ccc(C2=C(c3cc(C(F)(F)F)ccc3OCc3cc(F)c(F)c(F)c3)CCC2)nc1C(=O)O. The molecule has 1 aliphatic carbocycles. The van der Waals surface area contributed by atoms with E-state index in [1.807, 2.05) is 0 Å². The molecule has 1 heterocycles. The normalized spacial score (nSPS) is 13.9. The molecule has 10 heteroatoms. The summed E-state index contributed by atoms with van der Waals surface area (Å²) in [6.45, 7) is 1.16. The fraction of sp³-hybridized carbons (Fsp3) is 0.231. The standard InChI is InChI=1S/C26H19F6NO3/c1-13-5-7-21(33-24(13)25(34)35)17-4-2-3-16(17)18-11-15(26(30,31)32)6-8-22(18)36-12-14-9-19(27)23(29)20(28)10-14/h5-11H,2-4,12H2,1H3,(H,34,35). The second kappa shape index (κ2) is 9.67. The van der Waals surface area contributed by atoms with Crippen molar-refractivity contribution in [1.82, 2.24) is 4.98 Å². The Balaban J connectivity index is 1.79. The molecule has 0 aliphatic heterocycles. The summed E-state index contributed by atoms with van der Waals surface area (Å²) in [6.07, 6.45) is -3.22. The molecule has 1 aliphatic rings. The molecule has 0 fully saturated rings. The zero-order valence-corrected chi connectivity index (χ0v) is 18.8. The third-order valence-electron chi connectivity index (χ3n) is 5.90. The Bertz CT molecular complexity index is 1360. The van der Waals surface area contributed by atoms with Crippen LogP contribution in [-0.2, 0) is 12.8 Å². The molecule has 36 heavy (non-hydrogen) atoms. The van der Waals surface area contributed by atoms with Gasteiger partial charge in [-0.05, 0) is 84.9 Å². The predicted octanol–water partition coefficient (Wildman–Crippen LogP) is 7.20. The number of nitrogens with zero attached hydrogens (tertiary/aromatic N) is 1. The summed E-state index contributed by atoms with van der Waals surface area (Å²) in [4.78, 5) is 15.8. The van der Waals surface area contributed by atoms with Gasteiger partial charge in [0.1, 0.15) is 12.4 Å². The predicted molar refractivity (Wildman–Crippen MR) is 119 cm³/mol. The van der Waals surface area contributed by atoms with Crippen molar-refractivity contribution in [2.45, 2.75) is 39.0 Å². The van der Waals surface area contributed by atoms with Crippen LogP contribution in [0.5, 0.6) is 5.75 Å². The number of rotatable bonds is 6. The number of carbonyl (C=O) groups is 1. The number of aromatic carboxylic acids is 1. The number of aromatic nitrogens is 1. The smallest absolute Gasteiger partial charge is 0.416 e. The number of carboxylic acid groups (broad SMARTS) is 1. The summed E-state index contributed by atoms with van der Waals surface area (Å²) >= 11 is 0.